The molecule has 0 atom stereocenters. The van der Waals surface area contributed by atoms with Gasteiger partial charge in [0.05, 0.1) is 7.11 Å². The highest BCUT2D eigenvalue weighted by Gasteiger charge is 2.08. The predicted molar refractivity (Wildman–Crippen MR) is 76.9 cm³/mol. The fourth-order valence-electron chi connectivity index (χ4n) is 1.80. The molecule has 0 radical (unpaired) electrons. The summed E-state index contributed by atoms with van der Waals surface area (Å²) < 4.78 is 6.65. The van der Waals surface area contributed by atoms with E-state index in [-0.39, 0.29) is 11.8 Å². The van der Waals surface area contributed by atoms with Gasteiger partial charge >= 0.3 is 0 Å². The summed E-state index contributed by atoms with van der Waals surface area (Å²) >= 11 is 1.52. The third-order valence-electron chi connectivity index (χ3n) is 2.83. The maximum atomic E-state index is 10.7. The first-order valence-electron chi connectivity index (χ1n) is 5.99. The van der Waals surface area contributed by atoms with E-state index >= 15 is 0 Å². The molecule has 2 N–H and O–H groups in total. The average molecular weight is 293 g/mol. The summed E-state index contributed by atoms with van der Waals surface area (Å²) in [5.74, 6) is 1.35. The zero-order chi connectivity index (χ0) is 14.5. The van der Waals surface area contributed by atoms with Crippen molar-refractivity contribution in [3.63, 3.8) is 0 Å². The van der Waals surface area contributed by atoms with Crippen LogP contribution in [0.1, 0.15) is 10.4 Å². The number of carbonyl (C=O) groups excluding carboxylic acids is 1. The van der Waals surface area contributed by atoms with Crippen LogP contribution in [0, 0.1) is 0 Å². The van der Waals surface area contributed by atoms with Crippen LogP contribution in [-0.2, 0) is 6.54 Å². The number of rotatable bonds is 6. The molecular formula is C14H15NO4S. The third kappa shape index (κ3) is 3.08. The first-order chi connectivity index (χ1) is 9.65. The predicted octanol–water partition coefficient (Wildman–Crippen LogP) is 2.51. The summed E-state index contributed by atoms with van der Waals surface area (Å²) in [6, 6.07) is 8.12. The number of aldehydes is 1. The molecule has 0 amide bonds. The Hall–Kier alpha value is -2.08. The topological polar surface area (TPSA) is 71.7 Å². The van der Waals surface area contributed by atoms with Gasteiger partial charge in [-0.2, -0.15) is 0 Å². The van der Waals surface area contributed by atoms with Crippen molar-refractivity contribution >= 4 is 18.0 Å². The van der Waals surface area contributed by atoms with E-state index in [1.165, 1.54) is 28.5 Å². The Bertz CT molecular complexity index is 590. The Balaban J connectivity index is 2.02. The first-order valence-corrected chi connectivity index (χ1v) is 6.97. The highest BCUT2D eigenvalue weighted by molar-refractivity contribution is 7.99. The van der Waals surface area contributed by atoms with E-state index in [0.29, 0.717) is 23.6 Å². The summed E-state index contributed by atoms with van der Waals surface area (Å²) in [4.78, 5) is 11.6. The third-order valence-corrected chi connectivity index (χ3v) is 3.87. The van der Waals surface area contributed by atoms with Gasteiger partial charge in [0, 0.05) is 34.9 Å². The second-order valence-electron chi connectivity index (χ2n) is 4.08. The fourth-order valence-corrected chi connectivity index (χ4v) is 2.74. The number of carbonyl (C=O) groups is 1. The Kier molecular flexibility index (Phi) is 4.57. The second-order valence-corrected chi connectivity index (χ2v) is 5.21. The van der Waals surface area contributed by atoms with Gasteiger partial charge in [0.1, 0.15) is 12.0 Å². The zero-order valence-corrected chi connectivity index (χ0v) is 11.8. The monoisotopic (exact) mass is 293 g/mol. The van der Waals surface area contributed by atoms with Gasteiger partial charge in [0.2, 0.25) is 0 Å². The average Bonchev–Trinajstić information content (AvgIpc) is 2.79. The molecule has 6 heteroatoms. The number of aromatic nitrogens is 1. The van der Waals surface area contributed by atoms with Crippen molar-refractivity contribution in [3.8, 4) is 17.5 Å². The largest absolute Gasteiger partial charge is 0.496 e. The van der Waals surface area contributed by atoms with Gasteiger partial charge in [-0.15, -0.1) is 11.8 Å². The molecule has 1 heterocycles. The van der Waals surface area contributed by atoms with Crippen LogP contribution in [0.3, 0.4) is 0 Å². The molecule has 1 aromatic carbocycles. The van der Waals surface area contributed by atoms with E-state index in [2.05, 4.69) is 0 Å². The van der Waals surface area contributed by atoms with Crippen molar-refractivity contribution in [2.75, 3.05) is 12.9 Å². The first kappa shape index (κ1) is 14.3. The van der Waals surface area contributed by atoms with Crippen molar-refractivity contribution in [2.45, 2.75) is 11.4 Å². The lowest BCUT2D eigenvalue weighted by molar-refractivity contribution is 0.112. The molecule has 0 spiro atoms. The molecular weight excluding hydrogens is 278 g/mol. The van der Waals surface area contributed by atoms with Gasteiger partial charge in [0.25, 0.3) is 0 Å². The summed E-state index contributed by atoms with van der Waals surface area (Å²) in [5.41, 5.74) is 0.562. The number of hydrogen-bond donors (Lipinski definition) is 2. The maximum Gasteiger partial charge on any atom is 0.193 e. The SMILES string of the molecule is COc1cc(C=O)ccc1SCCn1c(O)ccc1O. The zero-order valence-electron chi connectivity index (χ0n) is 10.9. The van der Waals surface area contributed by atoms with E-state index in [9.17, 15) is 15.0 Å². The number of methoxy groups -OCH3 is 1. The normalized spacial score (nSPS) is 10.4. The van der Waals surface area contributed by atoms with Crippen LogP contribution in [0.5, 0.6) is 17.5 Å². The minimum absolute atomic E-state index is 0.0337. The van der Waals surface area contributed by atoms with Crippen LogP contribution >= 0.6 is 11.8 Å². The quantitative estimate of drug-likeness (QED) is 0.632. The van der Waals surface area contributed by atoms with Gasteiger partial charge in [-0.1, -0.05) is 6.07 Å². The molecule has 20 heavy (non-hydrogen) atoms. The lowest BCUT2D eigenvalue weighted by Crippen LogP contribution is -1.99. The van der Waals surface area contributed by atoms with E-state index in [4.69, 9.17) is 4.74 Å². The summed E-state index contributed by atoms with van der Waals surface area (Å²) in [6.45, 7) is 0.466. The Morgan fingerprint density at radius 1 is 1.25 bits per heavy atom. The molecule has 0 fully saturated rings. The summed E-state index contributed by atoms with van der Waals surface area (Å²) in [7, 11) is 1.55. The van der Waals surface area contributed by atoms with Crippen molar-refractivity contribution in [1.82, 2.24) is 4.57 Å². The molecule has 0 saturated heterocycles. The van der Waals surface area contributed by atoms with Crippen LogP contribution in [0.25, 0.3) is 0 Å². The number of hydrogen-bond acceptors (Lipinski definition) is 5. The van der Waals surface area contributed by atoms with Crippen LogP contribution in [0.4, 0.5) is 0 Å². The van der Waals surface area contributed by atoms with Crippen LogP contribution in [0.15, 0.2) is 35.2 Å². The molecule has 2 rings (SSSR count). The van der Waals surface area contributed by atoms with Crippen molar-refractivity contribution in [1.29, 1.82) is 0 Å². The smallest absolute Gasteiger partial charge is 0.193 e. The number of thioether (sulfide) groups is 1. The molecule has 0 unspecified atom stereocenters. The standard InChI is InChI=1S/C14H15NO4S/c1-19-11-8-10(9-16)2-3-12(11)20-7-6-15-13(17)4-5-14(15)18/h2-5,8-9,17-18H,6-7H2,1H3. The van der Waals surface area contributed by atoms with E-state index < -0.39 is 0 Å². The molecule has 0 aliphatic carbocycles. The van der Waals surface area contributed by atoms with E-state index in [1.54, 1.807) is 19.2 Å². The van der Waals surface area contributed by atoms with Crippen LogP contribution < -0.4 is 4.74 Å². The minimum atomic E-state index is 0.0337. The van der Waals surface area contributed by atoms with Crippen LogP contribution in [0.2, 0.25) is 0 Å². The van der Waals surface area contributed by atoms with Gasteiger partial charge < -0.3 is 14.9 Å². The molecule has 0 aliphatic heterocycles. The molecule has 106 valence electrons. The lowest BCUT2D eigenvalue weighted by atomic mass is 10.2. The summed E-state index contributed by atoms with van der Waals surface area (Å²) in [5, 5.41) is 19.1. The van der Waals surface area contributed by atoms with Gasteiger partial charge in [-0.3, -0.25) is 9.36 Å². The Labute approximate surface area is 120 Å². The van der Waals surface area contributed by atoms with Gasteiger partial charge in [-0.05, 0) is 12.1 Å². The molecule has 0 aliphatic rings. The van der Waals surface area contributed by atoms with E-state index in [1.807, 2.05) is 6.07 Å². The molecule has 5 nitrogen and oxygen atoms in total. The number of nitrogens with zero attached hydrogens (tertiary/aromatic N) is 1. The lowest BCUT2D eigenvalue weighted by Gasteiger charge is -2.10. The number of benzene rings is 1. The second kappa shape index (κ2) is 6.38. The Morgan fingerprint density at radius 2 is 1.95 bits per heavy atom. The fraction of sp³-hybridized carbons (Fsp3) is 0.214. The van der Waals surface area contributed by atoms with Crippen molar-refractivity contribution in [2.24, 2.45) is 0 Å². The highest BCUT2D eigenvalue weighted by Crippen LogP contribution is 2.31. The Morgan fingerprint density at radius 3 is 2.55 bits per heavy atom. The molecule has 0 bridgehead atoms. The van der Waals surface area contributed by atoms with Crippen molar-refractivity contribution in [3.05, 3.63) is 35.9 Å². The number of aromatic hydroxyl groups is 2. The summed E-state index contributed by atoms with van der Waals surface area (Å²) in [6.07, 6.45) is 0.771. The maximum absolute atomic E-state index is 10.7. The van der Waals surface area contributed by atoms with Crippen LogP contribution in [-0.4, -0.2) is 33.9 Å². The number of ether oxygens (including phenoxy) is 1. The minimum Gasteiger partial charge on any atom is -0.496 e. The molecule has 1 aromatic heterocycles. The van der Waals surface area contributed by atoms with E-state index in [0.717, 1.165) is 11.2 Å². The highest BCUT2D eigenvalue weighted by atomic mass is 32.2. The molecule has 2 aromatic rings. The van der Waals surface area contributed by atoms with Gasteiger partial charge in [0.15, 0.2) is 11.8 Å². The molecule has 0 saturated carbocycles. The van der Waals surface area contributed by atoms with Crippen molar-refractivity contribution < 1.29 is 19.7 Å². The van der Waals surface area contributed by atoms with Gasteiger partial charge in [-0.25, -0.2) is 0 Å².